The Morgan fingerprint density at radius 2 is 1.91 bits per heavy atom. The van der Waals surface area contributed by atoms with E-state index in [1.54, 1.807) is 12.7 Å². The maximum atomic E-state index is 12.7. The first-order chi connectivity index (χ1) is 11.1. The molecule has 7 nitrogen and oxygen atoms in total. The summed E-state index contributed by atoms with van der Waals surface area (Å²) in [6, 6.07) is 0.681. The topological polar surface area (TPSA) is 72.3 Å². The molecule has 0 radical (unpaired) electrons. The van der Waals surface area contributed by atoms with Crippen LogP contribution in [-0.4, -0.2) is 63.5 Å². The van der Waals surface area contributed by atoms with Gasteiger partial charge in [0.2, 0.25) is 5.91 Å². The van der Waals surface area contributed by atoms with Crippen molar-refractivity contribution in [1.82, 2.24) is 25.0 Å². The maximum Gasteiger partial charge on any atom is 0.240 e. The lowest BCUT2D eigenvalue weighted by molar-refractivity contribution is -0.135. The van der Waals surface area contributed by atoms with E-state index in [2.05, 4.69) is 20.3 Å². The Balaban J connectivity index is 1.50. The summed E-state index contributed by atoms with van der Waals surface area (Å²) in [4.78, 5) is 19.0. The molecule has 0 bridgehead atoms. The van der Waals surface area contributed by atoms with E-state index in [-0.39, 0.29) is 11.9 Å². The van der Waals surface area contributed by atoms with Crippen molar-refractivity contribution in [2.45, 2.75) is 57.2 Å². The molecule has 1 aliphatic heterocycles. The highest BCUT2D eigenvalue weighted by Crippen LogP contribution is 2.28. The van der Waals surface area contributed by atoms with Crippen LogP contribution in [-0.2, 0) is 9.53 Å². The fourth-order valence-electron chi connectivity index (χ4n) is 3.52. The van der Waals surface area contributed by atoms with Crippen molar-refractivity contribution in [3.8, 4) is 0 Å². The Hall–Kier alpha value is -1.47. The van der Waals surface area contributed by atoms with Gasteiger partial charge in [0.25, 0.3) is 0 Å². The lowest BCUT2D eigenvalue weighted by Crippen LogP contribution is -2.59. The summed E-state index contributed by atoms with van der Waals surface area (Å²) in [5.41, 5.74) is -0.480. The first-order valence-electron chi connectivity index (χ1n) is 8.55. The van der Waals surface area contributed by atoms with Gasteiger partial charge in [0.15, 0.2) is 0 Å². The summed E-state index contributed by atoms with van der Waals surface area (Å²) < 4.78 is 7.33. The fourth-order valence-corrected chi connectivity index (χ4v) is 3.52. The zero-order valence-electron chi connectivity index (χ0n) is 14.1. The second kappa shape index (κ2) is 6.97. The minimum absolute atomic E-state index is 0.128. The van der Waals surface area contributed by atoms with E-state index >= 15 is 0 Å². The van der Waals surface area contributed by atoms with Crippen LogP contribution in [0.15, 0.2) is 12.7 Å². The number of aromatic nitrogens is 3. The highest BCUT2D eigenvalue weighted by Gasteiger charge is 2.37. The van der Waals surface area contributed by atoms with Gasteiger partial charge in [-0.15, -0.1) is 0 Å². The van der Waals surface area contributed by atoms with Gasteiger partial charge in [-0.2, -0.15) is 5.10 Å². The van der Waals surface area contributed by atoms with Crippen LogP contribution in [0.2, 0.25) is 0 Å². The Labute approximate surface area is 137 Å². The summed E-state index contributed by atoms with van der Waals surface area (Å²) in [6.45, 7) is 7.07. The number of ether oxygens (including phenoxy) is 1. The molecule has 0 unspecified atom stereocenters. The second-order valence-electron chi connectivity index (χ2n) is 7.01. The van der Waals surface area contributed by atoms with E-state index in [1.165, 1.54) is 0 Å². The summed E-state index contributed by atoms with van der Waals surface area (Å²) in [5.74, 6) is 0.128. The predicted octanol–water partition coefficient (Wildman–Crippen LogP) is 0.989. The number of carbonyl (C=O) groups is 1. The number of amides is 1. The first-order valence-corrected chi connectivity index (χ1v) is 8.55. The number of rotatable bonds is 4. The Bertz CT molecular complexity index is 503. The van der Waals surface area contributed by atoms with Crippen LogP contribution in [0.3, 0.4) is 0 Å². The van der Waals surface area contributed by atoms with Crippen LogP contribution in [0.5, 0.6) is 0 Å². The Morgan fingerprint density at radius 3 is 2.52 bits per heavy atom. The van der Waals surface area contributed by atoms with Gasteiger partial charge in [0.05, 0.1) is 24.8 Å². The number of hydrogen-bond acceptors (Lipinski definition) is 5. The van der Waals surface area contributed by atoms with Crippen LogP contribution in [0.4, 0.5) is 0 Å². The van der Waals surface area contributed by atoms with Crippen molar-refractivity contribution < 1.29 is 9.53 Å². The minimum Gasteiger partial charge on any atom is -0.379 e. The molecule has 7 heteroatoms. The minimum atomic E-state index is -0.480. The standard InChI is InChI=1S/C16H27N5O2/c1-16(2,20-7-9-23-10-8-20)15(22)19-13-3-5-14(6-4-13)21-12-17-11-18-21/h11-14H,3-10H2,1-2H3,(H,19,22). The maximum absolute atomic E-state index is 12.7. The quantitative estimate of drug-likeness (QED) is 0.895. The third-order valence-electron chi connectivity index (χ3n) is 5.20. The molecule has 23 heavy (non-hydrogen) atoms. The molecule has 2 heterocycles. The van der Waals surface area contributed by atoms with Crippen LogP contribution in [0, 0.1) is 0 Å². The SMILES string of the molecule is CC(C)(C(=O)NC1CCC(n2cncn2)CC1)N1CCOCC1. The molecule has 1 saturated heterocycles. The Morgan fingerprint density at radius 1 is 1.22 bits per heavy atom. The number of carbonyl (C=O) groups excluding carboxylic acids is 1. The van der Waals surface area contributed by atoms with Crippen LogP contribution in [0.25, 0.3) is 0 Å². The fraction of sp³-hybridized carbons (Fsp3) is 0.812. The van der Waals surface area contributed by atoms with Crippen LogP contribution >= 0.6 is 0 Å². The molecule has 0 spiro atoms. The van der Waals surface area contributed by atoms with E-state index in [0.29, 0.717) is 19.3 Å². The molecule has 0 atom stereocenters. The average Bonchev–Trinajstić information content (AvgIpc) is 3.11. The average molecular weight is 321 g/mol. The molecule has 1 amide bonds. The van der Waals surface area contributed by atoms with Crippen molar-refractivity contribution in [3.63, 3.8) is 0 Å². The third kappa shape index (κ3) is 3.72. The molecule has 1 saturated carbocycles. The van der Waals surface area contributed by atoms with Gasteiger partial charge in [-0.05, 0) is 39.5 Å². The van der Waals surface area contributed by atoms with Gasteiger partial charge >= 0.3 is 0 Å². The summed E-state index contributed by atoms with van der Waals surface area (Å²) in [5, 5.41) is 7.48. The molecule has 128 valence electrons. The van der Waals surface area contributed by atoms with Gasteiger partial charge in [0.1, 0.15) is 12.7 Å². The zero-order valence-corrected chi connectivity index (χ0v) is 14.1. The normalized spacial score (nSPS) is 26.9. The van der Waals surface area contributed by atoms with E-state index < -0.39 is 5.54 Å². The lowest BCUT2D eigenvalue weighted by Gasteiger charge is -2.40. The van der Waals surface area contributed by atoms with Gasteiger partial charge in [0, 0.05) is 19.1 Å². The van der Waals surface area contributed by atoms with Gasteiger partial charge in [-0.3, -0.25) is 9.69 Å². The van der Waals surface area contributed by atoms with Crippen molar-refractivity contribution in [2.75, 3.05) is 26.3 Å². The third-order valence-corrected chi connectivity index (χ3v) is 5.20. The number of hydrogen-bond donors (Lipinski definition) is 1. The van der Waals surface area contributed by atoms with E-state index in [0.717, 1.165) is 38.8 Å². The summed E-state index contributed by atoms with van der Waals surface area (Å²) in [7, 11) is 0. The number of nitrogens with one attached hydrogen (secondary N) is 1. The smallest absolute Gasteiger partial charge is 0.240 e. The van der Waals surface area contributed by atoms with Crippen molar-refractivity contribution >= 4 is 5.91 Å². The molecule has 1 aromatic heterocycles. The van der Waals surface area contributed by atoms with Crippen molar-refractivity contribution in [3.05, 3.63) is 12.7 Å². The molecule has 0 aromatic carbocycles. The monoisotopic (exact) mass is 321 g/mol. The lowest BCUT2D eigenvalue weighted by atomic mass is 9.90. The Kier molecular flexibility index (Phi) is 4.96. The summed E-state index contributed by atoms with van der Waals surface area (Å²) in [6.07, 6.45) is 7.42. The largest absolute Gasteiger partial charge is 0.379 e. The van der Waals surface area contributed by atoms with Crippen LogP contribution in [0.1, 0.15) is 45.6 Å². The number of morpholine rings is 1. The van der Waals surface area contributed by atoms with Gasteiger partial charge in [-0.1, -0.05) is 0 Å². The van der Waals surface area contributed by atoms with E-state index in [9.17, 15) is 4.79 Å². The molecule has 2 fully saturated rings. The molecule has 1 aromatic rings. The first kappa shape index (κ1) is 16.4. The highest BCUT2D eigenvalue weighted by molar-refractivity contribution is 5.85. The zero-order chi connectivity index (χ0) is 16.3. The van der Waals surface area contributed by atoms with Crippen LogP contribution < -0.4 is 5.32 Å². The molecular formula is C16H27N5O2. The van der Waals surface area contributed by atoms with Gasteiger partial charge < -0.3 is 10.1 Å². The molecule has 3 rings (SSSR count). The van der Waals surface area contributed by atoms with E-state index in [4.69, 9.17) is 4.74 Å². The van der Waals surface area contributed by atoms with E-state index in [1.807, 2.05) is 18.5 Å². The van der Waals surface area contributed by atoms with Crippen molar-refractivity contribution in [1.29, 1.82) is 0 Å². The second-order valence-corrected chi connectivity index (χ2v) is 7.01. The molecule has 1 aliphatic carbocycles. The van der Waals surface area contributed by atoms with Crippen molar-refractivity contribution in [2.24, 2.45) is 0 Å². The molecule has 2 aliphatic rings. The highest BCUT2D eigenvalue weighted by atomic mass is 16.5. The number of nitrogens with zero attached hydrogens (tertiary/aromatic N) is 4. The molecular weight excluding hydrogens is 294 g/mol. The molecule has 1 N–H and O–H groups in total. The summed E-state index contributed by atoms with van der Waals surface area (Å²) >= 11 is 0. The van der Waals surface area contributed by atoms with Gasteiger partial charge in [-0.25, -0.2) is 9.67 Å². The predicted molar refractivity (Wildman–Crippen MR) is 85.9 cm³/mol.